The van der Waals surface area contributed by atoms with Crippen molar-refractivity contribution in [3.8, 4) is 0 Å². The van der Waals surface area contributed by atoms with Gasteiger partial charge >= 0.3 is 6.16 Å². The molecule has 6 rings (SSSR count). The van der Waals surface area contributed by atoms with Crippen LogP contribution in [-0.4, -0.2) is 72.8 Å². The number of rotatable bonds is 8. The third-order valence-electron chi connectivity index (χ3n) is 8.69. The molecule has 13 heteroatoms. The van der Waals surface area contributed by atoms with Crippen molar-refractivity contribution in [3.05, 3.63) is 33.9 Å². The summed E-state index contributed by atoms with van der Waals surface area (Å²) in [5, 5.41) is 17.2. The van der Waals surface area contributed by atoms with Crippen molar-refractivity contribution in [1.29, 1.82) is 0 Å². The van der Waals surface area contributed by atoms with Gasteiger partial charge in [0, 0.05) is 37.1 Å². The van der Waals surface area contributed by atoms with E-state index in [9.17, 15) is 14.4 Å². The Morgan fingerprint density at radius 2 is 1.07 bits per heavy atom. The summed E-state index contributed by atoms with van der Waals surface area (Å²) in [7, 11) is 3.70. The first-order valence-electron chi connectivity index (χ1n) is 13.7. The minimum Gasteiger partial charge on any atom is -0.432 e. The van der Waals surface area contributed by atoms with E-state index >= 15 is 0 Å². The van der Waals surface area contributed by atoms with Crippen molar-refractivity contribution in [2.45, 2.75) is 77.3 Å². The Morgan fingerprint density at radius 1 is 0.700 bits per heavy atom. The van der Waals surface area contributed by atoms with E-state index in [0.717, 1.165) is 48.5 Å². The lowest BCUT2D eigenvalue weighted by Gasteiger charge is -2.26. The van der Waals surface area contributed by atoms with Crippen LogP contribution in [0.4, 0.5) is 16.7 Å². The van der Waals surface area contributed by atoms with Gasteiger partial charge in [0.15, 0.2) is 0 Å². The molecule has 2 aliphatic carbocycles. The first kappa shape index (κ1) is 26.2. The van der Waals surface area contributed by atoms with Crippen molar-refractivity contribution in [2.24, 2.45) is 14.1 Å². The summed E-state index contributed by atoms with van der Waals surface area (Å²) in [4.78, 5) is 42.1. The van der Waals surface area contributed by atoms with Crippen molar-refractivity contribution in [2.75, 3.05) is 23.0 Å². The van der Waals surface area contributed by atoms with E-state index in [1.165, 1.54) is 9.80 Å². The Hall–Kier alpha value is -4.03. The summed E-state index contributed by atoms with van der Waals surface area (Å²) in [5.74, 6) is 2.91. The first-order valence-corrected chi connectivity index (χ1v) is 13.7. The maximum absolute atomic E-state index is 13.1. The first-order chi connectivity index (χ1) is 19.1. The van der Waals surface area contributed by atoms with Crippen LogP contribution in [0.15, 0.2) is 22.3 Å². The third-order valence-corrected chi connectivity index (χ3v) is 8.69. The lowest BCUT2D eigenvalue weighted by atomic mass is 10.1. The van der Waals surface area contributed by atoms with Crippen LogP contribution in [0, 0.1) is 0 Å². The Bertz CT molecular complexity index is 1370. The monoisotopic (exact) mass is 550 g/mol. The number of nitrogens with zero attached hydrogens (tertiary/aromatic N) is 8. The maximum Gasteiger partial charge on any atom is 0.508 e. The second-order valence-corrected chi connectivity index (χ2v) is 11.3. The van der Waals surface area contributed by atoms with Gasteiger partial charge in [0.05, 0.1) is 12.1 Å². The van der Waals surface area contributed by atoms with Crippen molar-refractivity contribution in [1.82, 2.24) is 29.5 Å². The van der Waals surface area contributed by atoms with E-state index in [0.29, 0.717) is 34.9 Å². The molecule has 2 aromatic rings. The molecule has 13 nitrogen and oxygen atoms in total. The van der Waals surface area contributed by atoms with Crippen LogP contribution < -0.4 is 9.80 Å². The normalized spacial score (nSPS) is 23.2. The topological polar surface area (TPSA) is 138 Å². The van der Waals surface area contributed by atoms with Gasteiger partial charge in [-0.1, -0.05) is 0 Å². The smallest absolute Gasteiger partial charge is 0.432 e. The van der Waals surface area contributed by atoms with Gasteiger partial charge in [-0.25, -0.2) is 4.79 Å². The SMILES string of the molecule is CC1=C(C)C(COC(=O)OCC2C(C)=C(C)C(=O)N2c2nnc(C3CC3)n2C)N(c2nnc(C3CC3)n2C)C1=O. The van der Waals surface area contributed by atoms with E-state index in [1.807, 2.05) is 37.1 Å². The molecule has 0 radical (unpaired) electrons. The molecule has 40 heavy (non-hydrogen) atoms. The summed E-state index contributed by atoms with van der Waals surface area (Å²) in [6.45, 7) is 7.00. The van der Waals surface area contributed by atoms with Gasteiger partial charge in [-0.05, 0) is 64.5 Å². The zero-order valence-corrected chi connectivity index (χ0v) is 23.7. The molecule has 2 aliphatic heterocycles. The Labute approximate surface area is 231 Å². The van der Waals surface area contributed by atoms with Gasteiger partial charge in [0.2, 0.25) is 11.9 Å². The van der Waals surface area contributed by atoms with Crippen LogP contribution in [0.5, 0.6) is 0 Å². The van der Waals surface area contributed by atoms with Crippen LogP contribution in [0.2, 0.25) is 0 Å². The predicted octanol–water partition coefficient (Wildman–Crippen LogP) is 2.66. The fourth-order valence-electron chi connectivity index (χ4n) is 5.54. The summed E-state index contributed by atoms with van der Waals surface area (Å²) in [6, 6.07) is -1.05. The second kappa shape index (κ2) is 9.56. The lowest BCUT2D eigenvalue weighted by molar-refractivity contribution is -0.115. The van der Waals surface area contributed by atoms with Gasteiger partial charge in [0.1, 0.15) is 24.9 Å². The number of hydrogen-bond acceptors (Lipinski definition) is 9. The van der Waals surface area contributed by atoms with E-state index in [-0.39, 0.29) is 25.0 Å². The molecule has 0 N–H and O–H groups in total. The summed E-state index contributed by atoms with van der Waals surface area (Å²) in [5.41, 5.74) is 2.76. The number of aromatic nitrogens is 6. The number of carbonyl (C=O) groups excluding carboxylic acids is 3. The lowest BCUT2D eigenvalue weighted by Crippen LogP contribution is -2.42. The van der Waals surface area contributed by atoms with E-state index in [4.69, 9.17) is 9.47 Å². The van der Waals surface area contributed by atoms with Crippen molar-refractivity contribution in [3.63, 3.8) is 0 Å². The summed E-state index contributed by atoms with van der Waals surface area (Å²) in [6.07, 6.45) is 3.36. The van der Waals surface area contributed by atoms with Gasteiger partial charge < -0.3 is 9.47 Å². The van der Waals surface area contributed by atoms with Gasteiger partial charge in [-0.3, -0.25) is 28.5 Å². The molecule has 2 aromatic heterocycles. The zero-order valence-electron chi connectivity index (χ0n) is 23.7. The highest BCUT2D eigenvalue weighted by Crippen LogP contribution is 2.41. The fraction of sp³-hybridized carbons (Fsp3) is 0.593. The summed E-state index contributed by atoms with van der Waals surface area (Å²) >= 11 is 0. The zero-order chi connectivity index (χ0) is 28.5. The molecule has 4 aliphatic rings. The number of ether oxygens (including phenoxy) is 2. The maximum atomic E-state index is 13.1. The van der Waals surface area contributed by atoms with Crippen LogP contribution in [0.25, 0.3) is 0 Å². The minimum absolute atomic E-state index is 0.103. The van der Waals surface area contributed by atoms with E-state index < -0.39 is 18.2 Å². The van der Waals surface area contributed by atoms with Crippen LogP contribution in [0.3, 0.4) is 0 Å². The standard InChI is InChI=1S/C27H34N8O5/c1-13-15(3)23(36)34(25-30-28-21(32(25)5)17-7-8-17)19(13)11-39-27(38)40-12-20-14(2)16(4)24(37)35(20)26-31-29-22(33(26)6)18-9-10-18/h17-20H,7-12H2,1-6H3. The molecule has 2 fully saturated rings. The highest BCUT2D eigenvalue weighted by atomic mass is 16.7. The number of hydrogen-bond donors (Lipinski definition) is 0. The minimum atomic E-state index is -0.886. The molecule has 0 spiro atoms. The molecule has 2 atom stereocenters. The number of carbonyl (C=O) groups is 3. The van der Waals surface area contributed by atoms with Gasteiger partial charge in [-0.15, -0.1) is 20.4 Å². The average molecular weight is 551 g/mol. The van der Waals surface area contributed by atoms with Crippen LogP contribution >= 0.6 is 0 Å². The van der Waals surface area contributed by atoms with E-state index in [2.05, 4.69) is 20.4 Å². The molecule has 2 amide bonds. The molecule has 4 heterocycles. The molecule has 2 saturated carbocycles. The number of anilines is 2. The molecule has 212 valence electrons. The third kappa shape index (κ3) is 4.18. The predicted molar refractivity (Wildman–Crippen MR) is 143 cm³/mol. The fourth-order valence-corrected chi connectivity index (χ4v) is 5.54. The van der Waals surface area contributed by atoms with Crippen molar-refractivity contribution >= 4 is 29.9 Å². The Balaban J connectivity index is 1.13. The summed E-state index contributed by atoms with van der Waals surface area (Å²) < 4.78 is 14.7. The highest BCUT2D eigenvalue weighted by Gasteiger charge is 2.42. The molecule has 0 bridgehead atoms. The molecule has 0 saturated heterocycles. The number of amides is 2. The molecular formula is C27H34N8O5. The van der Waals surface area contributed by atoms with E-state index in [1.54, 1.807) is 13.8 Å². The highest BCUT2D eigenvalue weighted by molar-refractivity contribution is 6.09. The van der Waals surface area contributed by atoms with Gasteiger partial charge in [0.25, 0.3) is 11.8 Å². The molecule has 0 aromatic carbocycles. The van der Waals surface area contributed by atoms with Gasteiger partial charge in [-0.2, -0.15) is 0 Å². The van der Waals surface area contributed by atoms with Crippen LogP contribution in [-0.2, 0) is 33.2 Å². The second-order valence-electron chi connectivity index (χ2n) is 11.3. The molecular weight excluding hydrogens is 516 g/mol. The largest absolute Gasteiger partial charge is 0.508 e. The Kier molecular flexibility index (Phi) is 6.26. The quantitative estimate of drug-likeness (QED) is 0.454. The average Bonchev–Trinajstić information content (AvgIpc) is 3.86. The Morgan fingerprint density at radius 3 is 1.43 bits per heavy atom. The van der Waals surface area contributed by atoms with Crippen LogP contribution in [0.1, 0.15) is 76.9 Å². The molecule has 2 unspecified atom stereocenters. The van der Waals surface area contributed by atoms with Crippen molar-refractivity contribution < 1.29 is 23.9 Å².